The second-order valence-electron chi connectivity index (χ2n) is 8.97. The SMILES string of the molecule is COc1ccc(-c2cc(-c3ccccc3)c(-c3ccccc3C(F)(F)F)c(N)c2C(=O)c2ccccc2)cc1. The molecule has 0 atom stereocenters. The van der Waals surface area contributed by atoms with Crippen LogP contribution < -0.4 is 10.5 Å². The summed E-state index contributed by atoms with van der Waals surface area (Å²) in [6.45, 7) is 0. The van der Waals surface area contributed by atoms with Crippen molar-refractivity contribution in [3.05, 3.63) is 132 Å². The fraction of sp³-hybridized carbons (Fsp3) is 0.0606. The lowest BCUT2D eigenvalue weighted by Crippen LogP contribution is -2.12. The van der Waals surface area contributed by atoms with Gasteiger partial charge >= 0.3 is 6.18 Å². The van der Waals surface area contributed by atoms with E-state index in [1.807, 2.05) is 18.2 Å². The van der Waals surface area contributed by atoms with Gasteiger partial charge in [0.25, 0.3) is 0 Å². The Morgan fingerprint density at radius 2 is 1.26 bits per heavy atom. The highest BCUT2D eigenvalue weighted by molar-refractivity contribution is 6.19. The number of hydrogen-bond acceptors (Lipinski definition) is 3. The van der Waals surface area contributed by atoms with E-state index in [2.05, 4.69) is 0 Å². The third-order valence-corrected chi connectivity index (χ3v) is 6.62. The summed E-state index contributed by atoms with van der Waals surface area (Å²) >= 11 is 0. The molecule has 0 spiro atoms. The van der Waals surface area contributed by atoms with E-state index < -0.39 is 11.7 Å². The molecular weight excluding hydrogens is 499 g/mol. The van der Waals surface area contributed by atoms with E-state index >= 15 is 0 Å². The maximum atomic E-state index is 14.2. The molecule has 5 rings (SSSR count). The zero-order chi connectivity index (χ0) is 27.6. The summed E-state index contributed by atoms with van der Waals surface area (Å²) in [6, 6.07) is 31.8. The van der Waals surface area contributed by atoms with Crippen LogP contribution >= 0.6 is 0 Å². The number of ether oxygens (including phenoxy) is 1. The van der Waals surface area contributed by atoms with Gasteiger partial charge in [0.2, 0.25) is 0 Å². The molecule has 0 radical (unpaired) electrons. The van der Waals surface area contributed by atoms with Crippen molar-refractivity contribution in [3.8, 4) is 39.1 Å². The molecule has 0 bridgehead atoms. The van der Waals surface area contributed by atoms with E-state index in [1.165, 1.54) is 18.2 Å². The summed E-state index contributed by atoms with van der Waals surface area (Å²) in [5, 5.41) is 0. The Bertz CT molecular complexity index is 1630. The number of anilines is 1. The Labute approximate surface area is 224 Å². The number of carbonyl (C=O) groups is 1. The van der Waals surface area contributed by atoms with E-state index in [0.29, 0.717) is 33.6 Å². The van der Waals surface area contributed by atoms with Crippen LogP contribution in [0.3, 0.4) is 0 Å². The summed E-state index contributed by atoms with van der Waals surface area (Å²) < 4.78 is 48.0. The largest absolute Gasteiger partial charge is 0.497 e. The van der Waals surface area contributed by atoms with E-state index in [1.54, 1.807) is 79.9 Å². The van der Waals surface area contributed by atoms with Crippen molar-refractivity contribution in [2.24, 2.45) is 0 Å². The predicted molar refractivity (Wildman–Crippen MR) is 149 cm³/mol. The minimum Gasteiger partial charge on any atom is -0.497 e. The molecule has 5 aromatic rings. The number of ketones is 1. The molecule has 194 valence electrons. The Hall–Kier alpha value is -4.84. The summed E-state index contributed by atoms with van der Waals surface area (Å²) in [5.74, 6) is 0.242. The smallest absolute Gasteiger partial charge is 0.417 e. The molecule has 0 aliphatic rings. The van der Waals surface area contributed by atoms with Crippen LogP contribution in [0.1, 0.15) is 21.5 Å². The van der Waals surface area contributed by atoms with Gasteiger partial charge in [0.05, 0.1) is 23.9 Å². The Morgan fingerprint density at radius 1 is 0.692 bits per heavy atom. The monoisotopic (exact) mass is 523 g/mol. The van der Waals surface area contributed by atoms with Gasteiger partial charge in [-0.2, -0.15) is 13.2 Å². The van der Waals surface area contributed by atoms with Crippen LogP contribution in [0.25, 0.3) is 33.4 Å². The molecule has 6 heteroatoms. The number of nitrogens with two attached hydrogens (primary N) is 1. The second-order valence-corrected chi connectivity index (χ2v) is 8.97. The van der Waals surface area contributed by atoms with E-state index in [-0.39, 0.29) is 28.2 Å². The highest BCUT2D eigenvalue weighted by Crippen LogP contribution is 2.47. The third kappa shape index (κ3) is 5.01. The first-order valence-corrected chi connectivity index (χ1v) is 12.2. The lowest BCUT2D eigenvalue weighted by Gasteiger charge is -2.23. The van der Waals surface area contributed by atoms with E-state index in [0.717, 1.165) is 6.07 Å². The van der Waals surface area contributed by atoms with Gasteiger partial charge in [-0.1, -0.05) is 91.0 Å². The maximum absolute atomic E-state index is 14.2. The van der Waals surface area contributed by atoms with Crippen molar-refractivity contribution in [1.29, 1.82) is 0 Å². The summed E-state index contributed by atoms with van der Waals surface area (Å²) in [6.07, 6.45) is -4.63. The lowest BCUT2D eigenvalue weighted by atomic mass is 9.82. The summed E-state index contributed by atoms with van der Waals surface area (Å²) in [4.78, 5) is 14.0. The maximum Gasteiger partial charge on any atom is 0.417 e. The molecule has 0 unspecified atom stereocenters. The second kappa shape index (κ2) is 10.5. The number of benzene rings is 5. The van der Waals surface area contributed by atoms with Crippen LogP contribution in [0, 0.1) is 0 Å². The van der Waals surface area contributed by atoms with Gasteiger partial charge in [0.15, 0.2) is 5.78 Å². The van der Waals surface area contributed by atoms with Gasteiger partial charge in [-0.05, 0) is 52.1 Å². The molecule has 0 saturated carbocycles. The Balaban J connectivity index is 1.91. The quantitative estimate of drug-likeness (QED) is 0.179. The van der Waals surface area contributed by atoms with Gasteiger partial charge in [0.1, 0.15) is 5.75 Å². The first-order chi connectivity index (χ1) is 18.8. The molecule has 0 aliphatic carbocycles. The zero-order valence-electron chi connectivity index (χ0n) is 21.0. The number of methoxy groups -OCH3 is 1. The van der Waals surface area contributed by atoms with Crippen molar-refractivity contribution >= 4 is 11.5 Å². The zero-order valence-corrected chi connectivity index (χ0v) is 21.0. The van der Waals surface area contributed by atoms with Gasteiger partial charge in [-0.15, -0.1) is 0 Å². The van der Waals surface area contributed by atoms with Crippen LogP contribution in [0.2, 0.25) is 0 Å². The highest BCUT2D eigenvalue weighted by Gasteiger charge is 2.35. The minimum absolute atomic E-state index is 0.0206. The van der Waals surface area contributed by atoms with Crippen molar-refractivity contribution in [3.63, 3.8) is 0 Å². The van der Waals surface area contributed by atoms with Gasteiger partial charge in [-0.25, -0.2) is 0 Å². The van der Waals surface area contributed by atoms with Crippen molar-refractivity contribution in [2.75, 3.05) is 12.8 Å². The number of halogens is 3. The number of rotatable bonds is 6. The molecule has 39 heavy (non-hydrogen) atoms. The Morgan fingerprint density at radius 3 is 1.87 bits per heavy atom. The molecule has 5 aromatic carbocycles. The average molecular weight is 524 g/mol. The average Bonchev–Trinajstić information content (AvgIpc) is 2.97. The van der Waals surface area contributed by atoms with Crippen molar-refractivity contribution < 1.29 is 22.7 Å². The van der Waals surface area contributed by atoms with Crippen LogP contribution in [0.5, 0.6) is 5.75 Å². The molecule has 0 aromatic heterocycles. The molecule has 0 aliphatic heterocycles. The fourth-order valence-corrected chi connectivity index (χ4v) is 4.76. The molecule has 0 saturated heterocycles. The van der Waals surface area contributed by atoms with Crippen LogP contribution in [0.4, 0.5) is 18.9 Å². The number of alkyl halides is 3. The Kier molecular flexibility index (Phi) is 6.94. The molecular formula is C33H24F3NO2. The summed E-state index contributed by atoms with van der Waals surface area (Å²) in [5.41, 5.74) is 8.86. The molecule has 0 heterocycles. The van der Waals surface area contributed by atoms with Gasteiger partial charge in [0, 0.05) is 11.1 Å². The van der Waals surface area contributed by atoms with Crippen LogP contribution in [0.15, 0.2) is 115 Å². The number of carbonyl (C=O) groups excluding carboxylic acids is 1. The molecule has 3 nitrogen and oxygen atoms in total. The van der Waals surface area contributed by atoms with Crippen LogP contribution in [-0.4, -0.2) is 12.9 Å². The first kappa shape index (κ1) is 25.8. The highest BCUT2D eigenvalue weighted by atomic mass is 19.4. The number of nitrogen functional groups attached to an aromatic ring is 1. The first-order valence-electron chi connectivity index (χ1n) is 12.2. The lowest BCUT2D eigenvalue weighted by molar-refractivity contribution is -0.137. The minimum atomic E-state index is -4.63. The summed E-state index contributed by atoms with van der Waals surface area (Å²) in [7, 11) is 1.55. The fourth-order valence-electron chi connectivity index (χ4n) is 4.76. The van der Waals surface area contributed by atoms with E-state index in [9.17, 15) is 18.0 Å². The van der Waals surface area contributed by atoms with Gasteiger partial charge < -0.3 is 10.5 Å². The third-order valence-electron chi connectivity index (χ3n) is 6.62. The number of hydrogen-bond donors (Lipinski definition) is 1. The normalized spacial score (nSPS) is 11.3. The van der Waals surface area contributed by atoms with Crippen molar-refractivity contribution in [2.45, 2.75) is 6.18 Å². The molecule has 0 amide bonds. The molecule has 2 N–H and O–H groups in total. The van der Waals surface area contributed by atoms with Crippen LogP contribution in [-0.2, 0) is 6.18 Å². The predicted octanol–water partition coefficient (Wildman–Crippen LogP) is 8.53. The van der Waals surface area contributed by atoms with Gasteiger partial charge in [-0.3, -0.25) is 4.79 Å². The van der Waals surface area contributed by atoms with E-state index in [4.69, 9.17) is 10.5 Å². The van der Waals surface area contributed by atoms with Crippen molar-refractivity contribution in [1.82, 2.24) is 0 Å². The standard InChI is InChI=1S/C33H24F3NO2/c1-39-24-18-16-22(17-19-24)27-20-26(21-10-4-2-5-11-21)29(25-14-8-9-15-28(25)33(34,35)36)31(37)30(27)32(38)23-12-6-3-7-13-23/h2-20H,37H2,1H3. The molecule has 0 fully saturated rings. The topological polar surface area (TPSA) is 52.3 Å².